The van der Waals surface area contributed by atoms with Crippen LogP contribution in [0.25, 0.3) is 10.2 Å². The third-order valence-corrected chi connectivity index (χ3v) is 5.55. The number of benzene rings is 1. The molecule has 4 rings (SSSR count). The molecule has 0 atom stereocenters. The maximum atomic E-state index is 12.8. The molecule has 1 amide bonds. The highest BCUT2D eigenvalue weighted by molar-refractivity contribution is 7.19. The quantitative estimate of drug-likeness (QED) is 0.751. The second-order valence-corrected chi connectivity index (χ2v) is 7.54. The van der Waals surface area contributed by atoms with Gasteiger partial charge in [-0.2, -0.15) is 0 Å². The number of anilines is 1. The van der Waals surface area contributed by atoms with Gasteiger partial charge in [-0.3, -0.25) is 9.69 Å². The summed E-state index contributed by atoms with van der Waals surface area (Å²) in [5, 5.41) is 2.99. The molecule has 1 fully saturated rings. The number of nitrogens with one attached hydrogen (secondary N) is 2. The topological polar surface area (TPSA) is 57.4 Å². The summed E-state index contributed by atoms with van der Waals surface area (Å²) < 4.78 is 6.62. The van der Waals surface area contributed by atoms with Crippen LogP contribution in [0.2, 0.25) is 0 Å². The zero-order valence-corrected chi connectivity index (χ0v) is 15.0. The number of hydrogen-bond donors (Lipinski definition) is 2. The van der Waals surface area contributed by atoms with Crippen molar-refractivity contribution < 1.29 is 9.53 Å². The van der Waals surface area contributed by atoms with E-state index in [4.69, 9.17) is 4.74 Å². The summed E-state index contributed by atoms with van der Waals surface area (Å²) in [6, 6.07) is 11.7. The van der Waals surface area contributed by atoms with E-state index in [1.165, 1.54) is 9.58 Å². The van der Waals surface area contributed by atoms with Crippen molar-refractivity contribution >= 4 is 33.1 Å². The predicted octanol–water partition coefficient (Wildman–Crippen LogP) is 3.62. The Morgan fingerprint density at radius 2 is 2.04 bits per heavy atom. The van der Waals surface area contributed by atoms with Gasteiger partial charge in [-0.15, -0.1) is 11.3 Å². The molecule has 6 heteroatoms. The average Bonchev–Trinajstić information content (AvgIpc) is 3.14. The largest absolute Gasteiger partial charge is 0.379 e. The highest BCUT2D eigenvalue weighted by atomic mass is 32.1. The van der Waals surface area contributed by atoms with E-state index in [0.29, 0.717) is 5.69 Å². The summed E-state index contributed by atoms with van der Waals surface area (Å²) in [5.41, 5.74) is 3.60. The Hall–Kier alpha value is -2.15. The number of para-hydroxylation sites is 1. The molecule has 0 aliphatic carbocycles. The number of hydrogen-bond acceptors (Lipinski definition) is 4. The van der Waals surface area contributed by atoms with E-state index in [1.807, 2.05) is 30.3 Å². The van der Waals surface area contributed by atoms with Crippen LogP contribution in [0.5, 0.6) is 0 Å². The third kappa shape index (κ3) is 3.46. The molecule has 1 aliphatic rings. The number of amides is 1. The monoisotopic (exact) mass is 355 g/mol. The summed E-state index contributed by atoms with van der Waals surface area (Å²) in [5.74, 6) is -0.0875. The van der Waals surface area contributed by atoms with Gasteiger partial charge in [-0.05, 0) is 25.1 Å². The van der Waals surface area contributed by atoms with Gasteiger partial charge in [0.25, 0.3) is 5.91 Å². The lowest BCUT2D eigenvalue weighted by molar-refractivity contribution is 0.0343. The molecular formula is C19H21N3O2S. The van der Waals surface area contributed by atoms with E-state index >= 15 is 0 Å². The number of aromatic nitrogens is 1. The zero-order valence-electron chi connectivity index (χ0n) is 14.2. The van der Waals surface area contributed by atoms with E-state index in [2.05, 4.69) is 28.2 Å². The Morgan fingerprint density at radius 3 is 2.80 bits per heavy atom. The summed E-state index contributed by atoms with van der Waals surface area (Å²) in [7, 11) is 0. The minimum atomic E-state index is -0.0875. The highest BCUT2D eigenvalue weighted by Crippen LogP contribution is 2.32. The number of nitrogens with zero attached hydrogens (tertiary/aromatic N) is 1. The lowest BCUT2D eigenvalue weighted by Gasteiger charge is -2.26. The maximum absolute atomic E-state index is 12.8. The van der Waals surface area contributed by atoms with Gasteiger partial charge >= 0.3 is 0 Å². The first kappa shape index (κ1) is 16.3. The third-order valence-electron chi connectivity index (χ3n) is 4.43. The summed E-state index contributed by atoms with van der Waals surface area (Å²) in [6.45, 7) is 6.17. The molecule has 1 aromatic carbocycles. The van der Waals surface area contributed by atoms with E-state index in [0.717, 1.165) is 49.6 Å². The zero-order chi connectivity index (χ0) is 17.2. The van der Waals surface area contributed by atoms with Crippen LogP contribution in [0.4, 0.5) is 5.69 Å². The molecule has 3 aromatic rings. The van der Waals surface area contributed by atoms with E-state index in [9.17, 15) is 4.79 Å². The number of carbonyl (C=O) groups excluding carboxylic acids is 1. The Bertz CT molecular complexity index is 879. The average molecular weight is 355 g/mol. The number of fused-ring (bicyclic) bond motifs is 1. The van der Waals surface area contributed by atoms with Crippen molar-refractivity contribution in [1.82, 2.24) is 9.88 Å². The lowest BCUT2D eigenvalue weighted by atomic mass is 10.2. The molecule has 25 heavy (non-hydrogen) atoms. The normalized spacial score (nSPS) is 15.6. The predicted molar refractivity (Wildman–Crippen MR) is 101 cm³/mol. The van der Waals surface area contributed by atoms with Gasteiger partial charge in [0.15, 0.2) is 0 Å². The molecule has 5 nitrogen and oxygen atoms in total. The number of aryl methyl sites for hydroxylation is 1. The van der Waals surface area contributed by atoms with Crippen molar-refractivity contribution in [3.63, 3.8) is 0 Å². The van der Waals surface area contributed by atoms with Crippen molar-refractivity contribution in [2.24, 2.45) is 0 Å². The number of carbonyl (C=O) groups is 1. The molecule has 130 valence electrons. The molecular weight excluding hydrogens is 334 g/mol. The van der Waals surface area contributed by atoms with E-state index in [1.54, 1.807) is 11.3 Å². The Kier molecular flexibility index (Phi) is 4.57. The van der Waals surface area contributed by atoms with Gasteiger partial charge in [-0.25, -0.2) is 0 Å². The number of thiophene rings is 1. The summed E-state index contributed by atoms with van der Waals surface area (Å²) in [6.07, 6.45) is 0. The molecule has 0 saturated carbocycles. The molecule has 0 bridgehead atoms. The lowest BCUT2D eigenvalue weighted by Crippen LogP contribution is -2.36. The van der Waals surface area contributed by atoms with Gasteiger partial charge < -0.3 is 15.0 Å². The number of rotatable bonds is 4. The van der Waals surface area contributed by atoms with Crippen molar-refractivity contribution in [3.05, 3.63) is 52.5 Å². The Balaban J connectivity index is 1.65. The van der Waals surface area contributed by atoms with Crippen molar-refractivity contribution in [1.29, 1.82) is 0 Å². The first-order valence-electron chi connectivity index (χ1n) is 8.48. The van der Waals surface area contributed by atoms with Gasteiger partial charge in [0.2, 0.25) is 0 Å². The fraction of sp³-hybridized carbons (Fsp3) is 0.316. The molecule has 2 N–H and O–H groups in total. The van der Waals surface area contributed by atoms with Gasteiger partial charge in [-0.1, -0.05) is 18.2 Å². The first-order valence-corrected chi connectivity index (χ1v) is 9.30. The standard InChI is InChI=1S/C19H21N3O2S/c1-13-11-16-18(25-13)15(12-22-7-9-24-10-8-22)17(21-16)19(23)20-14-5-3-2-4-6-14/h2-6,11,21H,7-10,12H2,1H3,(H,20,23). The molecule has 0 spiro atoms. The van der Waals surface area contributed by atoms with Crippen LogP contribution in [0, 0.1) is 6.92 Å². The van der Waals surface area contributed by atoms with E-state index in [-0.39, 0.29) is 5.91 Å². The van der Waals surface area contributed by atoms with Crippen LogP contribution >= 0.6 is 11.3 Å². The van der Waals surface area contributed by atoms with Gasteiger partial charge in [0.05, 0.1) is 23.4 Å². The molecule has 0 radical (unpaired) electrons. The van der Waals surface area contributed by atoms with Gasteiger partial charge in [0, 0.05) is 35.8 Å². The summed E-state index contributed by atoms with van der Waals surface area (Å²) in [4.78, 5) is 19.8. The van der Waals surface area contributed by atoms with E-state index < -0.39 is 0 Å². The second-order valence-electron chi connectivity index (χ2n) is 6.29. The number of aromatic amines is 1. The maximum Gasteiger partial charge on any atom is 0.272 e. The number of H-pyrrole nitrogens is 1. The van der Waals surface area contributed by atoms with Gasteiger partial charge in [0.1, 0.15) is 5.69 Å². The Morgan fingerprint density at radius 1 is 1.28 bits per heavy atom. The minimum absolute atomic E-state index is 0.0875. The van der Waals surface area contributed by atoms with Crippen LogP contribution in [0.15, 0.2) is 36.4 Å². The SMILES string of the molecule is Cc1cc2[nH]c(C(=O)Nc3ccccc3)c(CN3CCOCC3)c2s1. The van der Waals surface area contributed by atoms with Crippen molar-refractivity contribution in [2.45, 2.75) is 13.5 Å². The Labute approximate surface area is 150 Å². The summed E-state index contributed by atoms with van der Waals surface area (Å²) >= 11 is 1.74. The molecule has 1 aliphatic heterocycles. The molecule has 2 aromatic heterocycles. The number of ether oxygens (including phenoxy) is 1. The second kappa shape index (κ2) is 7.00. The fourth-order valence-corrected chi connectivity index (χ4v) is 4.21. The number of morpholine rings is 1. The van der Waals surface area contributed by atoms with Crippen LogP contribution in [0.1, 0.15) is 20.9 Å². The van der Waals surface area contributed by atoms with Crippen LogP contribution in [-0.2, 0) is 11.3 Å². The molecule has 0 unspecified atom stereocenters. The van der Waals surface area contributed by atoms with Crippen molar-refractivity contribution in [2.75, 3.05) is 31.6 Å². The highest BCUT2D eigenvalue weighted by Gasteiger charge is 2.22. The smallest absolute Gasteiger partial charge is 0.272 e. The van der Waals surface area contributed by atoms with Crippen molar-refractivity contribution in [3.8, 4) is 0 Å². The fourth-order valence-electron chi connectivity index (χ4n) is 3.20. The first-order chi connectivity index (χ1) is 12.2. The van der Waals surface area contributed by atoms with Crippen LogP contribution in [0.3, 0.4) is 0 Å². The van der Waals surface area contributed by atoms with Crippen LogP contribution < -0.4 is 5.32 Å². The molecule has 3 heterocycles. The minimum Gasteiger partial charge on any atom is -0.379 e. The molecule has 1 saturated heterocycles. The van der Waals surface area contributed by atoms with Crippen LogP contribution in [-0.4, -0.2) is 42.1 Å².